The highest BCUT2D eigenvalue weighted by Gasteiger charge is 2.23. The first-order valence-electron chi connectivity index (χ1n) is 8.42. The first-order chi connectivity index (χ1) is 12.5. The Bertz CT molecular complexity index is 693. The third kappa shape index (κ3) is 7.19. The summed E-state index contributed by atoms with van der Waals surface area (Å²) in [5.41, 5.74) is 1.60. The van der Waals surface area contributed by atoms with Crippen LogP contribution in [0, 0.1) is 0 Å². The Hall–Kier alpha value is -2.47. The number of amides is 2. The zero-order valence-electron chi connectivity index (χ0n) is 15.1. The van der Waals surface area contributed by atoms with Crippen LogP contribution in [0.2, 0.25) is 0 Å². The zero-order valence-corrected chi connectivity index (χ0v) is 15.9. The van der Waals surface area contributed by atoms with Crippen LogP contribution in [0.5, 0.6) is 0 Å². The smallest absolute Gasteiger partial charge is 0.408 e. The molecule has 1 atom stereocenters. The van der Waals surface area contributed by atoms with Crippen molar-refractivity contribution < 1.29 is 14.3 Å². The molecular weight excluding hydrogens is 348 g/mol. The molecule has 0 unspecified atom stereocenters. The second kappa shape index (κ2) is 10.5. The van der Waals surface area contributed by atoms with Gasteiger partial charge in [-0.25, -0.2) is 4.79 Å². The minimum absolute atomic E-state index is 0.172. The normalized spacial score (nSPS) is 11.7. The van der Waals surface area contributed by atoms with Gasteiger partial charge in [0.2, 0.25) is 5.91 Å². The number of carbonyl (C=O) groups excluding carboxylic acids is 2. The highest BCUT2D eigenvalue weighted by molar-refractivity contribution is 7.95. The average molecular weight is 373 g/mol. The maximum Gasteiger partial charge on any atom is 0.408 e. The molecule has 5 nitrogen and oxygen atoms in total. The third-order valence-corrected chi connectivity index (χ3v) is 4.73. The van der Waals surface area contributed by atoms with Gasteiger partial charge in [-0.05, 0) is 28.6 Å². The Morgan fingerprint density at radius 1 is 1.00 bits per heavy atom. The Kier molecular flexibility index (Phi) is 8.02. The molecule has 0 aliphatic heterocycles. The minimum Gasteiger partial charge on any atom is -0.445 e. The second-order valence-corrected chi connectivity index (χ2v) is 8.47. The molecule has 2 aromatic rings. The van der Waals surface area contributed by atoms with Crippen molar-refractivity contribution in [2.45, 2.75) is 19.1 Å². The number of hydrogen-bond donors (Lipinski definition) is 2. The molecule has 2 rings (SSSR count). The zero-order chi connectivity index (χ0) is 18.8. The van der Waals surface area contributed by atoms with E-state index in [1.165, 1.54) is 0 Å². The van der Waals surface area contributed by atoms with Crippen LogP contribution in [-0.4, -0.2) is 36.3 Å². The lowest BCUT2D eigenvalue weighted by atomic mass is 10.2. The lowest BCUT2D eigenvalue weighted by molar-refractivity contribution is -0.118. The summed E-state index contributed by atoms with van der Waals surface area (Å²) in [6.45, 7) is 0.172. The molecule has 138 valence electrons. The molecule has 26 heavy (non-hydrogen) atoms. The number of ether oxygens (including phenoxy) is 1. The van der Waals surface area contributed by atoms with Crippen LogP contribution in [0.25, 0.3) is 0 Å². The monoisotopic (exact) mass is 373 g/mol. The molecule has 0 heterocycles. The molecule has 2 aromatic carbocycles. The summed E-state index contributed by atoms with van der Waals surface area (Å²) in [4.78, 5) is 24.7. The Morgan fingerprint density at radius 3 is 2.23 bits per heavy atom. The number of anilines is 1. The highest BCUT2D eigenvalue weighted by Crippen LogP contribution is 2.08. The van der Waals surface area contributed by atoms with Crippen LogP contribution < -0.4 is 10.6 Å². The quantitative estimate of drug-likeness (QED) is 0.699. The summed E-state index contributed by atoms with van der Waals surface area (Å²) in [5, 5.41) is 5.53. The van der Waals surface area contributed by atoms with E-state index in [-0.39, 0.29) is 23.4 Å². The molecule has 0 bridgehead atoms. The van der Waals surface area contributed by atoms with E-state index in [4.69, 9.17) is 4.74 Å². The van der Waals surface area contributed by atoms with Gasteiger partial charge in [0.1, 0.15) is 18.4 Å². The van der Waals surface area contributed by atoms with Gasteiger partial charge >= 0.3 is 6.09 Å². The van der Waals surface area contributed by atoms with Crippen LogP contribution in [-0.2, 0) is 27.0 Å². The van der Waals surface area contributed by atoms with Gasteiger partial charge in [-0.3, -0.25) is 4.79 Å². The fourth-order valence-corrected chi connectivity index (χ4v) is 2.99. The number of alkyl carbamates (subject to hydrolysis) is 1. The second-order valence-electron chi connectivity index (χ2n) is 6.09. The van der Waals surface area contributed by atoms with Crippen molar-refractivity contribution in [2.75, 3.05) is 23.6 Å². The van der Waals surface area contributed by atoms with Gasteiger partial charge in [0, 0.05) is 12.1 Å². The van der Waals surface area contributed by atoms with E-state index in [0.717, 1.165) is 11.3 Å². The molecular formula is C20H25N2O3S+. The van der Waals surface area contributed by atoms with Crippen molar-refractivity contribution in [3.63, 3.8) is 0 Å². The molecule has 0 fully saturated rings. The Morgan fingerprint density at radius 2 is 1.62 bits per heavy atom. The number of hydrogen-bond acceptors (Lipinski definition) is 3. The van der Waals surface area contributed by atoms with Gasteiger partial charge in [-0.15, -0.1) is 0 Å². The predicted octanol–water partition coefficient (Wildman–Crippen LogP) is 3.19. The lowest BCUT2D eigenvalue weighted by Crippen LogP contribution is -2.45. The Labute approximate surface area is 157 Å². The highest BCUT2D eigenvalue weighted by atomic mass is 32.2. The summed E-state index contributed by atoms with van der Waals surface area (Å²) < 4.78 is 5.24. The van der Waals surface area contributed by atoms with Gasteiger partial charge in [-0.2, -0.15) is 0 Å². The third-order valence-electron chi connectivity index (χ3n) is 3.68. The van der Waals surface area contributed by atoms with Crippen LogP contribution in [0.4, 0.5) is 10.5 Å². The molecule has 0 spiro atoms. The minimum atomic E-state index is -0.631. The first kappa shape index (κ1) is 19.8. The standard InChI is InChI=1S/C20H24N2O3S/c1-26(2)14-13-18(19(23)21-17-11-7-4-8-12-17)22-20(24)25-15-16-9-5-3-6-10-16/h3-12,18H,13-15H2,1-2H3,(H-,21,22,23,24)/p+1/t18-/m0/s1. The number of benzene rings is 2. The fourth-order valence-electron chi connectivity index (χ4n) is 2.28. The molecule has 0 aliphatic rings. The molecule has 6 heteroatoms. The molecule has 2 amide bonds. The van der Waals surface area contributed by atoms with E-state index >= 15 is 0 Å². The van der Waals surface area contributed by atoms with Crippen molar-refractivity contribution in [1.82, 2.24) is 5.32 Å². The van der Waals surface area contributed by atoms with Crippen molar-refractivity contribution in [1.29, 1.82) is 0 Å². The van der Waals surface area contributed by atoms with Crippen LogP contribution in [0.15, 0.2) is 60.7 Å². The lowest BCUT2D eigenvalue weighted by Gasteiger charge is -2.17. The molecule has 0 aliphatic carbocycles. The van der Waals surface area contributed by atoms with Gasteiger partial charge in [0.05, 0.1) is 12.5 Å². The largest absolute Gasteiger partial charge is 0.445 e. The number of para-hydroxylation sites is 1. The van der Waals surface area contributed by atoms with Crippen LogP contribution in [0.1, 0.15) is 12.0 Å². The molecule has 0 aromatic heterocycles. The van der Waals surface area contributed by atoms with Gasteiger partial charge in [0.15, 0.2) is 0 Å². The van der Waals surface area contributed by atoms with Crippen LogP contribution in [0.3, 0.4) is 0 Å². The number of rotatable bonds is 8. The number of carbonyl (C=O) groups is 2. The van der Waals surface area contributed by atoms with Gasteiger partial charge in [0.25, 0.3) is 0 Å². The summed E-state index contributed by atoms with van der Waals surface area (Å²) >= 11 is 0. The summed E-state index contributed by atoms with van der Waals surface area (Å²) in [7, 11) is 0.180. The Balaban J connectivity index is 1.92. The molecule has 0 saturated heterocycles. The molecule has 0 radical (unpaired) electrons. The van der Waals surface area contributed by atoms with E-state index in [1.54, 1.807) is 0 Å². The SMILES string of the molecule is C[S+](C)CC[C@H](NC(=O)OCc1ccccc1)C(=O)Nc1ccccc1. The maximum absolute atomic E-state index is 12.6. The van der Waals surface area contributed by atoms with Crippen molar-refractivity contribution in [2.24, 2.45) is 0 Å². The van der Waals surface area contributed by atoms with E-state index in [2.05, 4.69) is 23.1 Å². The van der Waals surface area contributed by atoms with Crippen molar-refractivity contribution in [3.05, 3.63) is 66.2 Å². The summed E-state index contributed by atoms with van der Waals surface area (Å²) in [6, 6.07) is 18.0. The summed E-state index contributed by atoms with van der Waals surface area (Å²) in [5.74, 6) is 0.615. The first-order valence-corrected chi connectivity index (χ1v) is 10.6. The summed E-state index contributed by atoms with van der Waals surface area (Å²) in [6.07, 6.45) is 4.20. The topological polar surface area (TPSA) is 67.4 Å². The van der Waals surface area contributed by atoms with Crippen molar-refractivity contribution >= 4 is 28.6 Å². The van der Waals surface area contributed by atoms with E-state index in [0.29, 0.717) is 12.1 Å². The average Bonchev–Trinajstić information content (AvgIpc) is 2.65. The van der Waals surface area contributed by atoms with Crippen LogP contribution >= 0.6 is 0 Å². The predicted molar refractivity (Wildman–Crippen MR) is 107 cm³/mol. The van der Waals surface area contributed by atoms with E-state index in [1.807, 2.05) is 60.7 Å². The molecule has 0 saturated carbocycles. The van der Waals surface area contributed by atoms with E-state index < -0.39 is 12.1 Å². The van der Waals surface area contributed by atoms with Gasteiger partial charge < -0.3 is 15.4 Å². The molecule has 2 N–H and O–H groups in total. The maximum atomic E-state index is 12.6. The number of nitrogens with one attached hydrogen (secondary N) is 2. The van der Waals surface area contributed by atoms with Crippen molar-refractivity contribution in [3.8, 4) is 0 Å². The van der Waals surface area contributed by atoms with Gasteiger partial charge in [-0.1, -0.05) is 48.5 Å². The van der Waals surface area contributed by atoms with E-state index in [9.17, 15) is 9.59 Å². The fraction of sp³-hybridized carbons (Fsp3) is 0.300.